The fourth-order valence-electron chi connectivity index (χ4n) is 1.57. The van der Waals surface area contributed by atoms with Crippen LogP contribution < -0.4 is 10.6 Å². The molecule has 2 rings (SSSR count). The summed E-state index contributed by atoms with van der Waals surface area (Å²) in [4.78, 5) is 21.5. The number of non-ortho nitro benzene ring substituents is 1. The topological polar surface area (TPSA) is 108 Å². The monoisotopic (exact) mass is 260 g/mol. The van der Waals surface area contributed by atoms with Gasteiger partial charge in [-0.05, 0) is 18.9 Å². The third kappa shape index (κ3) is 3.42. The number of rotatable bonds is 5. The molecule has 1 aliphatic rings. The molecule has 1 fully saturated rings. The van der Waals surface area contributed by atoms with E-state index in [0.29, 0.717) is 5.69 Å². The summed E-state index contributed by atoms with van der Waals surface area (Å²) >= 11 is 0. The molecule has 0 saturated heterocycles. The first-order valence-corrected chi connectivity index (χ1v) is 5.82. The zero-order valence-electron chi connectivity index (χ0n) is 10.0. The molecule has 0 atom stereocenters. The molecule has 1 saturated carbocycles. The van der Waals surface area contributed by atoms with Crippen LogP contribution in [0.4, 0.5) is 11.4 Å². The minimum atomic E-state index is -0.565. The summed E-state index contributed by atoms with van der Waals surface area (Å²) in [6.07, 6.45) is 2.01. The lowest BCUT2D eigenvalue weighted by Crippen LogP contribution is -2.31. The summed E-state index contributed by atoms with van der Waals surface area (Å²) in [5.74, 6) is -0.148. The van der Waals surface area contributed by atoms with Gasteiger partial charge in [-0.15, -0.1) is 0 Å². The predicted octanol–water partition coefficient (Wildman–Crippen LogP) is 1.16. The van der Waals surface area contributed by atoms with Gasteiger partial charge in [-0.1, -0.05) is 0 Å². The Bertz CT molecular complexity index is 561. The van der Waals surface area contributed by atoms with E-state index < -0.39 is 4.92 Å². The summed E-state index contributed by atoms with van der Waals surface area (Å²) < 4.78 is 0. The van der Waals surface area contributed by atoms with Gasteiger partial charge in [0.1, 0.15) is 6.07 Å². The average molecular weight is 260 g/mol. The first kappa shape index (κ1) is 12.8. The Morgan fingerprint density at radius 3 is 2.84 bits per heavy atom. The Labute approximate surface area is 109 Å². The van der Waals surface area contributed by atoms with Crippen molar-refractivity contribution < 1.29 is 9.72 Å². The highest BCUT2D eigenvalue weighted by atomic mass is 16.6. The van der Waals surface area contributed by atoms with Gasteiger partial charge < -0.3 is 10.6 Å². The van der Waals surface area contributed by atoms with Crippen molar-refractivity contribution >= 4 is 17.3 Å². The van der Waals surface area contributed by atoms with E-state index in [1.54, 1.807) is 0 Å². The van der Waals surface area contributed by atoms with E-state index in [9.17, 15) is 14.9 Å². The molecule has 7 nitrogen and oxygen atoms in total. The number of hydrogen-bond acceptors (Lipinski definition) is 5. The van der Waals surface area contributed by atoms with Crippen LogP contribution in [0.1, 0.15) is 18.4 Å². The molecule has 19 heavy (non-hydrogen) atoms. The second-order valence-electron chi connectivity index (χ2n) is 4.29. The number of nitro benzene ring substituents is 1. The maximum atomic E-state index is 11.5. The number of benzene rings is 1. The minimum absolute atomic E-state index is 0.0446. The molecule has 7 heteroatoms. The third-order valence-electron chi connectivity index (χ3n) is 2.72. The van der Waals surface area contributed by atoms with Crippen LogP contribution in [0.25, 0.3) is 0 Å². The largest absolute Gasteiger partial charge is 0.375 e. The molecule has 0 bridgehead atoms. The Hall–Kier alpha value is -2.62. The van der Waals surface area contributed by atoms with Gasteiger partial charge in [0.25, 0.3) is 5.69 Å². The van der Waals surface area contributed by atoms with Gasteiger partial charge >= 0.3 is 0 Å². The molecule has 0 heterocycles. The zero-order chi connectivity index (χ0) is 13.8. The van der Waals surface area contributed by atoms with Crippen molar-refractivity contribution in [3.05, 3.63) is 33.9 Å². The molecule has 1 aliphatic carbocycles. The lowest BCUT2D eigenvalue weighted by Gasteiger charge is -2.08. The number of nitro groups is 1. The van der Waals surface area contributed by atoms with E-state index in [4.69, 9.17) is 5.26 Å². The van der Waals surface area contributed by atoms with E-state index in [1.165, 1.54) is 18.2 Å². The molecular weight excluding hydrogens is 248 g/mol. The molecule has 0 aliphatic heterocycles. The van der Waals surface area contributed by atoms with E-state index >= 15 is 0 Å². The summed E-state index contributed by atoms with van der Waals surface area (Å²) in [6, 6.07) is 6.06. The van der Waals surface area contributed by atoms with Gasteiger partial charge in [-0.3, -0.25) is 14.9 Å². The summed E-state index contributed by atoms with van der Waals surface area (Å²) in [5, 5.41) is 25.1. The molecule has 1 amide bonds. The maximum Gasteiger partial charge on any atom is 0.270 e. The number of carbonyl (C=O) groups excluding carboxylic acids is 1. The van der Waals surface area contributed by atoms with Crippen molar-refractivity contribution in [2.24, 2.45) is 0 Å². The normalized spacial score (nSPS) is 13.4. The van der Waals surface area contributed by atoms with Crippen molar-refractivity contribution in [2.75, 3.05) is 11.9 Å². The SMILES string of the molecule is N#Cc1cc([N+](=O)[O-])ccc1NCC(=O)NC1CC1. The van der Waals surface area contributed by atoms with Crippen molar-refractivity contribution in [2.45, 2.75) is 18.9 Å². The standard InChI is InChI=1S/C12H12N4O3/c13-6-8-5-10(16(18)19)3-4-11(8)14-7-12(17)15-9-1-2-9/h3-5,9,14H,1-2,7H2,(H,15,17). The molecule has 0 radical (unpaired) electrons. The maximum absolute atomic E-state index is 11.5. The molecule has 98 valence electrons. The first-order chi connectivity index (χ1) is 9.10. The third-order valence-corrected chi connectivity index (χ3v) is 2.72. The summed E-state index contributed by atoms with van der Waals surface area (Å²) in [6.45, 7) is 0.0446. The Balaban J connectivity index is 2.01. The lowest BCUT2D eigenvalue weighted by molar-refractivity contribution is -0.384. The van der Waals surface area contributed by atoms with Gasteiger partial charge in [0.05, 0.1) is 22.7 Å². The predicted molar refractivity (Wildman–Crippen MR) is 67.5 cm³/mol. The molecule has 0 aromatic heterocycles. The zero-order valence-corrected chi connectivity index (χ0v) is 10.0. The van der Waals surface area contributed by atoms with Crippen molar-refractivity contribution in [3.8, 4) is 6.07 Å². The fraction of sp³-hybridized carbons (Fsp3) is 0.333. The van der Waals surface area contributed by atoms with Crippen LogP contribution in [-0.4, -0.2) is 23.4 Å². The number of carbonyl (C=O) groups is 1. The Morgan fingerprint density at radius 1 is 1.53 bits per heavy atom. The molecule has 1 aromatic rings. The Kier molecular flexibility index (Phi) is 3.61. The van der Waals surface area contributed by atoms with Crippen LogP contribution in [0.2, 0.25) is 0 Å². The van der Waals surface area contributed by atoms with Crippen LogP contribution in [0, 0.1) is 21.4 Å². The highest BCUT2D eigenvalue weighted by molar-refractivity contribution is 5.81. The van der Waals surface area contributed by atoms with Gasteiger partial charge in [-0.25, -0.2) is 0 Å². The Morgan fingerprint density at radius 2 is 2.26 bits per heavy atom. The van der Waals surface area contributed by atoms with Crippen LogP contribution in [-0.2, 0) is 4.79 Å². The van der Waals surface area contributed by atoms with Gasteiger partial charge in [0, 0.05) is 18.2 Å². The quantitative estimate of drug-likeness (QED) is 0.610. The fourth-order valence-corrected chi connectivity index (χ4v) is 1.57. The van der Waals surface area contributed by atoms with Crippen LogP contribution in [0.15, 0.2) is 18.2 Å². The molecule has 0 unspecified atom stereocenters. The van der Waals surface area contributed by atoms with Crippen LogP contribution in [0.3, 0.4) is 0 Å². The summed E-state index contributed by atoms with van der Waals surface area (Å²) in [5.41, 5.74) is 0.414. The second kappa shape index (κ2) is 5.35. The van der Waals surface area contributed by atoms with Crippen molar-refractivity contribution in [3.63, 3.8) is 0 Å². The van der Waals surface area contributed by atoms with Crippen LogP contribution in [0.5, 0.6) is 0 Å². The number of amides is 1. The van der Waals surface area contributed by atoms with Crippen molar-refractivity contribution in [1.82, 2.24) is 5.32 Å². The van der Waals surface area contributed by atoms with Crippen molar-refractivity contribution in [1.29, 1.82) is 5.26 Å². The first-order valence-electron chi connectivity index (χ1n) is 5.82. The van der Waals surface area contributed by atoms with E-state index in [-0.39, 0.29) is 29.7 Å². The smallest absolute Gasteiger partial charge is 0.270 e. The second-order valence-corrected chi connectivity index (χ2v) is 4.29. The lowest BCUT2D eigenvalue weighted by atomic mass is 10.1. The molecule has 2 N–H and O–H groups in total. The van der Waals surface area contributed by atoms with Gasteiger partial charge in [-0.2, -0.15) is 5.26 Å². The van der Waals surface area contributed by atoms with E-state index in [1.807, 2.05) is 6.07 Å². The number of hydrogen-bond donors (Lipinski definition) is 2. The number of nitrogens with one attached hydrogen (secondary N) is 2. The van der Waals surface area contributed by atoms with E-state index in [0.717, 1.165) is 12.8 Å². The van der Waals surface area contributed by atoms with E-state index in [2.05, 4.69) is 10.6 Å². The van der Waals surface area contributed by atoms with Crippen LogP contribution >= 0.6 is 0 Å². The number of nitriles is 1. The van der Waals surface area contributed by atoms with Gasteiger partial charge in [0.2, 0.25) is 5.91 Å². The molecular formula is C12H12N4O3. The summed E-state index contributed by atoms with van der Waals surface area (Å²) in [7, 11) is 0. The highest BCUT2D eigenvalue weighted by Crippen LogP contribution is 2.21. The molecule has 0 spiro atoms. The van der Waals surface area contributed by atoms with Gasteiger partial charge in [0.15, 0.2) is 0 Å². The highest BCUT2D eigenvalue weighted by Gasteiger charge is 2.23. The number of anilines is 1. The minimum Gasteiger partial charge on any atom is -0.375 e. The average Bonchev–Trinajstić information content (AvgIpc) is 3.19. The molecule has 1 aromatic carbocycles. The number of nitrogens with zero attached hydrogens (tertiary/aromatic N) is 2.